The van der Waals surface area contributed by atoms with Crippen LogP contribution in [0.25, 0.3) is 0 Å². The molecule has 1 aromatic carbocycles. The van der Waals surface area contributed by atoms with Crippen molar-refractivity contribution in [2.75, 3.05) is 0 Å². The van der Waals surface area contributed by atoms with Crippen LogP contribution in [0.15, 0.2) is 36.4 Å². The highest BCUT2D eigenvalue weighted by Crippen LogP contribution is 2.29. The average Bonchev–Trinajstić information content (AvgIpc) is 2.18. The van der Waals surface area contributed by atoms with Crippen molar-refractivity contribution in [2.24, 2.45) is 5.84 Å². The van der Waals surface area contributed by atoms with Crippen molar-refractivity contribution in [3.63, 3.8) is 0 Å². The number of rotatable bonds is 4. The van der Waals surface area contributed by atoms with Crippen LogP contribution < -0.4 is 11.3 Å². The van der Waals surface area contributed by atoms with E-state index in [0.717, 1.165) is 11.1 Å². The zero-order valence-corrected chi connectivity index (χ0v) is 10.0. The Kier molecular flexibility index (Phi) is 3.83. The van der Waals surface area contributed by atoms with Gasteiger partial charge in [0.2, 0.25) is 0 Å². The third-order valence-corrected chi connectivity index (χ3v) is 2.97. The molecule has 1 atom stereocenters. The average molecular weight is 222 g/mol. The van der Waals surface area contributed by atoms with Gasteiger partial charge in [0.1, 0.15) is 5.82 Å². The first-order chi connectivity index (χ1) is 7.39. The Balaban J connectivity index is 3.08. The van der Waals surface area contributed by atoms with Crippen LogP contribution in [0.4, 0.5) is 4.39 Å². The third kappa shape index (κ3) is 2.49. The van der Waals surface area contributed by atoms with Gasteiger partial charge in [-0.25, -0.2) is 4.39 Å². The van der Waals surface area contributed by atoms with E-state index in [2.05, 4.69) is 25.9 Å². The van der Waals surface area contributed by atoms with Crippen LogP contribution in [-0.2, 0) is 5.41 Å². The lowest BCUT2D eigenvalue weighted by atomic mass is 9.75. The summed E-state index contributed by atoms with van der Waals surface area (Å²) in [5.41, 5.74) is 4.52. The fourth-order valence-corrected chi connectivity index (χ4v) is 2.01. The minimum Gasteiger partial charge on any atom is -0.271 e. The van der Waals surface area contributed by atoms with Crippen LogP contribution in [0.2, 0.25) is 0 Å². The molecule has 1 aromatic rings. The highest BCUT2D eigenvalue weighted by atomic mass is 19.1. The quantitative estimate of drug-likeness (QED) is 0.466. The van der Waals surface area contributed by atoms with Gasteiger partial charge in [0, 0.05) is 5.41 Å². The molecule has 0 spiro atoms. The Bertz CT molecular complexity index is 368. The zero-order valence-electron chi connectivity index (χ0n) is 10.0. The molecule has 0 radical (unpaired) electrons. The van der Waals surface area contributed by atoms with Crippen LogP contribution in [-0.4, -0.2) is 6.04 Å². The van der Waals surface area contributed by atoms with E-state index < -0.39 is 0 Å². The van der Waals surface area contributed by atoms with Crippen LogP contribution >= 0.6 is 0 Å². The summed E-state index contributed by atoms with van der Waals surface area (Å²) in [6.45, 7) is 9.96. The molecular formula is C13H19FN2. The Morgan fingerprint density at radius 3 is 2.25 bits per heavy atom. The smallest absolute Gasteiger partial charge is 0.123 e. The SMILES string of the molecule is C=C(C)C(NN)C(C)(C)c1ccc(F)cc1. The predicted molar refractivity (Wildman–Crippen MR) is 65.4 cm³/mol. The minimum absolute atomic E-state index is 0.0436. The molecule has 0 heterocycles. The van der Waals surface area contributed by atoms with Gasteiger partial charge in [-0.15, -0.1) is 0 Å². The second-order valence-electron chi connectivity index (χ2n) is 4.67. The van der Waals surface area contributed by atoms with Crippen molar-refractivity contribution in [3.05, 3.63) is 47.8 Å². The van der Waals surface area contributed by atoms with Crippen LogP contribution in [0.5, 0.6) is 0 Å². The minimum atomic E-state index is -0.230. The van der Waals surface area contributed by atoms with Crippen LogP contribution in [0, 0.1) is 5.82 Å². The molecule has 3 heteroatoms. The number of halogens is 1. The molecule has 2 nitrogen and oxygen atoms in total. The molecule has 16 heavy (non-hydrogen) atoms. The second-order valence-corrected chi connectivity index (χ2v) is 4.67. The molecule has 3 N–H and O–H groups in total. The molecule has 1 unspecified atom stereocenters. The van der Waals surface area contributed by atoms with Crippen LogP contribution in [0.1, 0.15) is 26.3 Å². The van der Waals surface area contributed by atoms with Gasteiger partial charge in [-0.1, -0.05) is 38.1 Å². The Labute approximate surface area is 96.3 Å². The summed E-state index contributed by atoms with van der Waals surface area (Å²) in [6, 6.07) is 6.44. The molecule has 0 aliphatic rings. The van der Waals surface area contributed by atoms with E-state index in [1.807, 2.05) is 6.92 Å². The fraction of sp³-hybridized carbons (Fsp3) is 0.385. The van der Waals surface area contributed by atoms with Crippen molar-refractivity contribution in [1.82, 2.24) is 5.43 Å². The number of nitrogens with two attached hydrogens (primary N) is 1. The first-order valence-electron chi connectivity index (χ1n) is 5.27. The van der Waals surface area contributed by atoms with Crippen molar-refractivity contribution in [2.45, 2.75) is 32.2 Å². The van der Waals surface area contributed by atoms with E-state index in [9.17, 15) is 4.39 Å². The fourth-order valence-electron chi connectivity index (χ4n) is 2.01. The largest absolute Gasteiger partial charge is 0.271 e. The maximum atomic E-state index is 12.9. The van der Waals surface area contributed by atoms with Gasteiger partial charge in [0.15, 0.2) is 0 Å². The molecule has 0 aliphatic heterocycles. The van der Waals surface area contributed by atoms with Crippen molar-refractivity contribution >= 4 is 0 Å². The van der Waals surface area contributed by atoms with E-state index in [1.165, 1.54) is 12.1 Å². The topological polar surface area (TPSA) is 38.0 Å². The zero-order chi connectivity index (χ0) is 12.3. The van der Waals surface area contributed by atoms with Crippen molar-refractivity contribution in [1.29, 1.82) is 0 Å². The second kappa shape index (κ2) is 4.76. The highest BCUT2D eigenvalue weighted by molar-refractivity contribution is 5.30. The summed E-state index contributed by atoms with van der Waals surface area (Å²) in [4.78, 5) is 0. The first-order valence-corrected chi connectivity index (χ1v) is 5.27. The summed E-state index contributed by atoms with van der Waals surface area (Å²) < 4.78 is 12.9. The number of hydrazine groups is 1. The van der Waals surface area contributed by atoms with Gasteiger partial charge in [-0.05, 0) is 24.6 Å². The molecule has 0 fully saturated rings. The standard InChI is InChI=1S/C13H19FN2/c1-9(2)12(16-15)13(3,4)10-5-7-11(14)8-6-10/h5-8,12,16H,1,15H2,2-4H3. The maximum Gasteiger partial charge on any atom is 0.123 e. The number of nitrogens with one attached hydrogen (secondary N) is 1. The molecular weight excluding hydrogens is 203 g/mol. The van der Waals surface area contributed by atoms with Gasteiger partial charge in [-0.2, -0.15) is 0 Å². The van der Waals surface area contributed by atoms with Gasteiger partial charge < -0.3 is 0 Å². The normalized spacial score (nSPS) is 13.6. The highest BCUT2D eigenvalue weighted by Gasteiger charge is 2.30. The Hall–Kier alpha value is -1.19. The molecule has 0 bridgehead atoms. The number of hydrogen-bond acceptors (Lipinski definition) is 2. The van der Waals surface area contributed by atoms with Gasteiger partial charge in [0.25, 0.3) is 0 Å². The first kappa shape index (κ1) is 12.9. The summed E-state index contributed by atoms with van der Waals surface area (Å²) in [7, 11) is 0. The summed E-state index contributed by atoms with van der Waals surface area (Å²) >= 11 is 0. The lowest BCUT2D eigenvalue weighted by Gasteiger charge is -2.35. The summed E-state index contributed by atoms with van der Waals surface area (Å²) in [6.07, 6.45) is 0. The molecule has 1 rings (SSSR count). The van der Waals surface area contributed by atoms with E-state index in [1.54, 1.807) is 12.1 Å². The summed E-state index contributed by atoms with van der Waals surface area (Å²) in [5.74, 6) is 5.31. The molecule has 0 aliphatic carbocycles. The molecule has 0 aromatic heterocycles. The predicted octanol–water partition coefficient (Wildman–Crippen LogP) is 2.51. The Morgan fingerprint density at radius 1 is 1.38 bits per heavy atom. The van der Waals surface area contributed by atoms with E-state index >= 15 is 0 Å². The lowest BCUT2D eigenvalue weighted by Crippen LogP contribution is -2.48. The monoisotopic (exact) mass is 222 g/mol. The van der Waals surface area contributed by atoms with Crippen LogP contribution in [0.3, 0.4) is 0 Å². The van der Waals surface area contributed by atoms with Crippen molar-refractivity contribution < 1.29 is 4.39 Å². The molecule has 88 valence electrons. The molecule has 0 saturated carbocycles. The third-order valence-electron chi connectivity index (χ3n) is 2.97. The molecule has 0 saturated heterocycles. The summed E-state index contributed by atoms with van der Waals surface area (Å²) in [5, 5.41) is 0. The van der Waals surface area contributed by atoms with E-state index in [0.29, 0.717) is 0 Å². The van der Waals surface area contributed by atoms with E-state index in [4.69, 9.17) is 5.84 Å². The number of benzene rings is 1. The Morgan fingerprint density at radius 2 is 1.88 bits per heavy atom. The van der Waals surface area contributed by atoms with E-state index in [-0.39, 0.29) is 17.3 Å². The van der Waals surface area contributed by atoms with Gasteiger partial charge in [0.05, 0.1) is 6.04 Å². The van der Waals surface area contributed by atoms with Gasteiger partial charge >= 0.3 is 0 Å². The maximum absolute atomic E-state index is 12.9. The lowest BCUT2D eigenvalue weighted by molar-refractivity contribution is 0.385. The number of hydrogen-bond donors (Lipinski definition) is 2. The van der Waals surface area contributed by atoms with Gasteiger partial charge in [-0.3, -0.25) is 11.3 Å². The molecule has 0 amide bonds. The van der Waals surface area contributed by atoms with Crippen molar-refractivity contribution in [3.8, 4) is 0 Å².